The van der Waals surface area contributed by atoms with Gasteiger partial charge in [-0.25, -0.2) is 0 Å². The first kappa shape index (κ1) is 15.6. The van der Waals surface area contributed by atoms with Crippen LogP contribution >= 0.6 is 0 Å². The van der Waals surface area contributed by atoms with Crippen LogP contribution in [-0.4, -0.2) is 60.3 Å². The first-order valence-corrected chi connectivity index (χ1v) is 7.99. The highest BCUT2D eigenvalue weighted by Gasteiger charge is 2.53. The van der Waals surface area contributed by atoms with E-state index >= 15 is 0 Å². The fourth-order valence-electron chi connectivity index (χ4n) is 3.16. The predicted molar refractivity (Wildman–Crippen MR) is 86.2 cm³/mol. The smallest absolute Gasteiger partial charge is 0.223 e. The van der Waals surface area contributed by atoms with Crippen LogP contribution in [0.1, 0.15) is 26.0 Å². The van der Waals surface area contributed by atoms with Gasteiger partial charge in [0, 0.05) is 12.2 Å². The summed E-state index contributed by atoms with van der Waals surface area (Å²) < 4.78 is 7.27. The van der Waals surface area contributed by atoms with Crippen molar-refractivity contribution in [1.82, 2.24) is 14.5 Å². The lowest BCUT2D eigenvalue weighted by molar-refractivity contribution is -0.0948. The number of nitrogens with one attached hydrogen (secondary N) is 1. The second kappa shape index (κ2) is 5.28. The topological polar surface area (TPSA) is 139 Å². The highest BCUT2D eigenvalue weighted by Crippen LogP contribution is 2.40. The van der Waals surface area contributed by atoms with Crippen molar-refractivity contribution in [3.05, 3.63) is 12.3 Å². The minimum absolute atomic E-state index is 0.113. The van der Waals surface area contributed by atoms with Crippen LogP contribution in [0.3, 0.4) is 0 Å². The fraction of sp³-hybridized carbons (Fsp3) is 0.600. The first-order chi connectivity index (χ1) is 11.4. The molecule has 1 unspecified atom stereocenters. The van der Waals surface area contributed by atoms with Crippen LogP contribution in [0.5, 0.6) is 0 Å². The monoisotopic (exact) mass is 335 g/mol. The largest absolute Gasteiger partial charge is 0.394 e. The molecule has 0 radical (unpaired) electrons. The summed E-state index contributed by atoms with van der Waals surface area (Å²) in [5.41, 5.74) is 4.75. The van der Waals surface area contributed by atoms with Gasteiger partial charge in [0.1, 0.15) is 29.3 Å². The molecule has 3 heterocycles. The summed E-state index contributed by atoms with van der Waals surface area (Å²) in [5.74, 6) is 0.762. The lowest BCUT2D eigenvalue weighted by atomic mass is 9.96. The number of nitrogens with two attached hydrogens (primary N) is 1. The number of aliphatic hydroxyl groups excluding tert-OH is 2. The van der Waals surface area contributed by atoms with E-state index < -0.39 is 30.6 Å². The van der Waals surface area contributed by atoms with E-state index in [-0.39, 0.29) is 5.95 Å². The molecule has 1 aliphatic carbocycles. The van der Waals surface area contributed by atoms with Crippen molar-refractivity contribution in [2.75, 3.05) is 17.7 Å². The molecule has 2 aromatic heterocycles. The Kier molecular flexibility index (Phi) is 3.43. The van der Waals surface area contributed by atoms with E-state index in [0.717, 1.165) is 18.2 Å². The Morgan fingerprint density at radius 2 is 2.21 bits per heavy atom. The van der Waals surface area contributed by atoms with E-state index in [2.05, 4.69) is 15.3 Å². The summed E-state index contributed by atoms with van der Waals surface area (Å²) in [6.45, 7) is 1.08. The Hall–Kier alpha value is -1.94. The zero-order chi connectivity index (χ0) is 17.1. The quantitative estimate of drug-likeness (QED) is 0.508. The van der Waals surface area contributed by atoms with Gasteiger partial charge >= 0.3 is 0 Å². The maximum absolute atomic E-state index is 10.7. The maximum Gasteiger partial charge on any atom is 0.223 e. The molecule has 0 amide bonds. The average Bonchev–Trinajstić information content (AvgIpc) is 3.20. The molecule has 2 aliphatic rings. The van der Waals surface area contributed by atoms with Gasteiger partial charge in [-0.05, 0) is 25.8 Å². The van der Waals surface area contributed by atoms with Crippen LogP contribution in [0.4, 0.5) is 11.8 Å². The van der Waals surface area contributed by atoms with Crippen molar-refractivity contribution in [3.8, 4) is 0 Å². The summed E-state index contributed by atoms with van der Waals surface area (Å²) in [7, 11) is 0. The van der Waals surface area contributed by atoms with Crippen molar-refractivity contribution < 1.29 is 20.1 Å². The maximum atomic E-state index is 10.7. The van der Waals surface area contributed by atoms with Gasteiger partial charge in [0.2, 0.25) is 5.95 Å². The second-order valence-corrected chi connectivity index (χ2v) is 6.69. The number of aromatic nitrogens is 3. The zero-order valence-corrected chi connectivity index (χ0v) is 13.3. The Morgan fingerprint density at radius 3 is 2.83 bits per heavy atom. The fourth-order valence-corrected chi connectivity index (χ4v) is 3.16. The third-order valence-electron chi connectivity index (χ3n) is 4.69. The molecule has 2 aromatic rings. The standard InChI is InChI=1S/C15H21N5O4/c1-15(23)10(22)9(6-21)24-13(15)20-5-4-8-11(17-7-2-3-7)18-14(16)19-12(8)20/h4-5,7,9-10,13,21-23H,2-3,6H2,1H3,(H3,16,17,18,19)/t9-,10?,13-,15+/m1/s1. The molecule has 2 fully saturated rings. The number of ether oxygens (including phenoxy) is 1. The van der Waals surface area contributed by atoms with Crippen molar-refractivity contribution >= 4 is 22.8 Å². The lowest BCUT2D eigenvalue weighted by Crippen LogP contribution is -2.44. The molecule has 9 nitrogen and oxygen atoms in total. The van der Waals surface area contributed by atoms with E-state index in [1.54, 1.807) is 10.8 Å². The van der Waals surface area contributed by atoms with Crippen LogP contribution in [-0.2, 0) is 4.74 Å². The van der Waals surface area contributed by atoms with Gasteiger partial charge in [-0.2, -0.15) is 9.97 Å². The number of anilines is 2. The summed E-state index contributed by atoms with van der Waals surface area (Å²) in [6, 6.07) is 2.22. The van der Waals surface area contributed by atoms with E-state index in [0.29, 0.717) is 17.5 Å². The summed E-state index contributed by atoms with van der Waals surface area (Å²) >= 11 is 0. The minimum Gasteiger partial charge on any atom is -0.394 e. The molecule has 1 saturated carbocycles. The highest BCUT2D eigenvalue weighted by molar-refractivity contribution is 5.88. The van der Waals surface area contributed by atoms with E-state index in [9.17, 15) is 15.3 Å². The molecule has 130 valence electrons. The normalized spacial score (nSPS) is 33.2. The van der Waals surface area contributed by atoms with Gasteiger partial charge in [-0.1, -0.05) is 0 Å². The Bertz CT molecular complexity index is 773. The Balaban J connectivity index is 1.78. The molecule has 1 saturated heterocycles. The molecule has 6 N–H and O–H groups in total. The molecular weight excluding hydrogens is 314 g/mol. The van der Waals surface area contributed by atoms with Crippen LogP contribution < -0.4 is 11.1 Å². The number of rotatable bonds is 4. The number of aliphatic hydroxyl groups is 3. The number of fused-ring (bicyclic) bond motifs is 1. The van der Waals surface area contributed by atoms with Gasteiger partial charge in [-0.15, -0.1) is 0 Å². The van der Waals surface area contributed by atoms with Gasteiger partial charge in [0.05, 0.1) is 12.0 Å². The minimum atomic E-state index is -1.58. The van der Waals surface area contributed by atoms with Gasteiger partial charge in [0.25, 0.3) is 0 Å². The van der Waals surface area contributed by atoms with E-state index in [1.807, 2.05) is 6.07 Å². The summed E-state index contributed by atoms with van der Waals surface area (Å²) in [6.07, 6.45) is 0.917. The van der Waals surface area contributed by atoms with Gasteiger partial charge < -0.3 is 35.7 Å². The number of nitrogens with zero attached hydrogens (tertiary/aromatic N) is 3. The van der Waals surface area contributed by atoms with Gasteiger partial charge in [-0.3, -0.25) is 0 Å². The van der Waals surface area contributed by atoms with E-state index in [4.69, 9.17) is 10.5 Å². The number of hydrogen-bond donors (Lipinski definition) is 5. The molecule has 24 heavy (non-hydrogen) atoms. The van der Waals surface area contributed by atoms with Crippen molar-refractivity contribution in [2.24, 2.45) is 0 Å². The Labute approximate surface area is 138 Å². The van der Waals surface area contributed by atoms with Crippen LogP contribution in [0.2, 0.25) is 0 Å². The summed E-state index contributed by atoms with van der Waals surface area (Å²) in [4.78, 5) is 8.52. The third-order valence-corrected chi connectivity index (χ3v) is 4.69. The molecule has 0 aromatic carbocycles. The number of nitrogen functional groups attached to an aromatic ring is 1. The van der Waals surface area contributed by atoms with Crippen molar-refractivity contribution in [1.29, 1.82) is 0 Å². The van der Waals surface area contributed by atoms with Crippen molar-refractivity contribution in [2.45, 2.75) is 49.8 Å². The second-order valence-electron chi connectivity index (χ2n) is 6.69. The zero-order valence-electron chi connectivity index (χ0n) is 13.3. The van der Waals surface area contributed by atoms with Crippen LogP contribution in [0.15, 0.2) is 12.3 Å². The molecule has 4 rings (SSSR count). The molecular formula is C15H21N5O4. The van der Waals surface area contributed by atoms with Crippen LogP contribution in [0, 0.1) is 0 Å². The predicted octanol–water partition coefficient (Wildman–Crippen LogP) is -0.411. The Morgan fingerprint density at radius 1 is 1.46 bits per heavy atom. The van der Waals surface area contributed by atoms with Gasteiger partial charge in [0.15, 0.2) is 6.23 Å². The SMILES string of the molecule is C[C@]1(O)C(O)[C@@H](CO)O[C@H]1n1ccc2c(NC3CC3)nc(N)nc21. The molecule has 1 aliphatic heterocycles. The van der Waals surface area contributed by atoms with Crippen molar-refractivity contribution in [3.63, 3.8) is 0 Å². The molecule has 0 bridgehead atoms. The molecule has 4 atom stereocenters. The van der Waals surface area contributed by atoms with E-state index in [1.165, 1.54) is 6.92 Å². The number of hydrogen-bond acceptors (Lipinski definition) is 8. The average molecular weight is 335 g/mol. The molecule has 0 spiro atoms. The van der Waals surface area contributed by atoms with Crippen LogP contribution in [0.25, 0.3) is 11.0 Å². The first-order valence-electron chi connectivity index (χ1n) is 7.99. The summed E-state index contributed by atoms with van der Waals surface area (Å²) in [5, 5.41) is 34.2. The molecule has 9 heteroatoms. The third kappa shape index (κ3) is 2.32. The highest BCUT2D eigenvalue weighted by atomic mass is 16.6. The lowest BCUT2D eigenvalue weighted by Gasteiger charge is -2.27.